The number of nitrogens with one attached hydrogen (secondary N) is 1. The van der Waals surface area contributed by atoms with E-state index in [1.807, 2.05) is 0 Å². The molecule has 2 rings (SSSR count). The highest BCUT2D eigenvalue weighted by Crippen LogP contribution is 2.38. The van der Waals surface area contributed by atoms with Gasteiger partial charge in [0.05, 0.1) is 0 Å². The lowest BCUT2D eigenvalue weighted by Crippen LogP contribution is -2.56. The van der Waals surface area contributed by atoms with Gasteiger partial charge in [0.2, 0.25) is 0 Å². The van der Waals surface area contributed by atoms with Gasteiger partial charge < -0.3 is 15.3 Å². The molecule has 2 aliphatic rings. The van der Waals surface area contributed by atoms with Crippen LogP contribution in [0.3, 0.4) is 0 Å². The summed E-state index contributed by atoms with van der Waals surface area (Å²) in [6.07, 6.45) is -3.65. The molecule has 1 aliphatic carbocycles. The van der Waals surface area contributed by atoms with Crippen LogP contribution in [0.2, 0.25) is 0 Å². The Balaban J connectivity index is 1.86. The number of urea groups is 1. The van der Waals surface area contributed by atoms with Crippen LogP contribution in [0.1, 0.15) is 25.7 Å². The fourth-order valence-electron chi connectivity index (χ4n) is 1.86. The zero-order valence-electron chi connectivity index (χ0n) is 9.26. The van der Waals surface area contributed by atoms with Crippen LogP contribution in [0.25, 0.3) is 0 Å². The van der Waals surface area contributed by atoms with E-state index >= 15 is 0 Å². The molecule has 7 heteroatoms. The quantitative estimate of drug-likeness (QED) is 0.738. The average molecular weight is 252 g/mol. The van der Waals surface area contributed by atoms with Crippen molar-refractivity contribution < 1.29 is 23.1 Å². The zero-order chi connectivity index (χ0) is 12.7. The minimum Gasteiger partial charge on any atom is -0.380 e. The fourth-order valence-corrected chi connectivity index (χ4v) is 1.86. The molecule has 0 aromatic carbocycles. The van der Waals surface area contributed by atoms with Gasteiger partial charge in [-0.15, -0.1) is 0 Å². The van der Waals surface area contributed by atoms with Gasteiger partial charge in [0, 0.05) is 32.0 Å². The van der Waals surface area contributed by atoms with Crippen molar-refractivity contribution in [3.05, 3.63) is 0 Å². The minimum atomic E-state index is -4.62. The molecule has 0 radical (unpaired) electrons. The van der Waals surface area contributed by atoms with Crippen molar-refractivity contribution in [2.45, 2.75) is 43.5 Å². The van der Waals surface area contributed by atoms with E-state index in [2.05, 4.69) is 5.32 Å². The number of carbonyl (C=O) groups excluding carboxylic acids is 1. The Hall–Kier alpha value is -0.980. The highest BCUT2D eigenvalue weighted by Gasteiger charge is 2.55. The molecule has 1 heterocycles. The van der Waals surface area contributed by atoms with Crippen LogP contribution in [-0.4, -0.2) is 46.9 Å². The van der Waals surface area contributed by atoms with Crippen LogP contribution in [0.4, 0.5) is 18.0 Å². The standard InChI is InChI=1S/C10H15F3N2O2/c11-10(12,13)9(17)3-5-15(6-4-9)8(16)14-7-1-2-7/h7,17H,1-6H2,(H,14,16). The Morgan fingerprint density at radius 1 is 1.29 bits per heavy atom. The number of carbonyl (C=O) groups is 1. The number of piperidine rings is 1. The lowest BCUT2D eigenvalue weighted by molar-refractivity contribution is -0.271. The number of alkyl halides is 3. The van der Waals surface area contributed by atoms with E-state index in [1.54, 1.807) is 0 Å². The van der Waals surface area contributed by atoms with Crippen molar-refractivity contribution in [1.29, 1.82) is 0 Å². The predicted molar refractivity (Wildman–Crippen MR) is 53.4 cm³/mol. The number of amides is 2. The van der Waals surface area contributed by atoms with Gasteiger partial charge >= 0.3 is 12.2 Å². The van der Waals surface area contributed by atoms with Gasteiger partial charge in [-0.3, -0.25) is 0 Å². The lowest BCUT2D eigenvalue weighted by atomic mass is 9.91. The first-order valence-corrected chi connectivity index (χ1v) is 5.66. The molecule has 0 spiro atoms. The molecule has 0 atom stereocenters. The molecule has 2 N–H and O–H groups in total. The van der Waals surface area contributed by atoms with E-state index in [1.165, 1.54) is 4.90 Å². The summed E-state index contributed by atoms with van der Waals surface area (Å²) < 4.78 is 37.5. The van der Waals surface area contributed by atoms with E-state index < -0.39 is 24.6 Å². The van der Waals surface area contributed by atoms with Gasteiger partial charge in [-0.05, 0) is 12.8 Å². The third-order valence-electron chi connectivity index (χ3n) is 3.31. The maximum atomic E-state index is 12.5. The maximum Gasteiger partial charge on any atom is 0.417 e. The van der Waals surface area contributed by atoms with Crippen LogP contribution in [0.5, 0.6) is 0 Å². The second-order valence-electron chi connectivity index (χ2n) is 4.74. The summed E-state index contributed by atoms with van der Waals surface area (Å²) in [5.74, 6) is 0. The first-order chi connectivity index (χ1) is 7.82. The molecule has 17 heavy (non-hydrogen) atoms. The molecule has 0 bridgehead atoms. The van der Waals surface area contributed by atoms with Crippen molar-refractivity contribution in [3.8, 4) is 0 Å². The van der Waals surface area contributed by atoms with Crippen LogP contribution < -0.4 is 5.32 Å². The smallest absolute Gasteiger partial charge is 0.380 e. The Labute approximate surface area is 96.8 Å². The Bertz CT molecular complexity index is 307. The van der Waals surface area contributed by atoms with Crippen molar-refractivity contribution in [1.82, 2.24) is 10.2 Å². The van der Waals surface area contributed by atoms with Crippen molar-refractivity contribution in [2.24, 2.45) is 0 Å². The number of likely N-dealkylation sites (tertiary alicyclic amines) is 1. The van der Waals surface area contributed by atoms with Crippen LogP contribution in [-0.2, 0) is 0 Å². The number of aliphatic hydroxyl groups is 1. The molecule has 1 saturated heterocycles. The van der Waals surface area contributed by atoms with Gasteiger partial charge in [-0.2, -0.15) is 13.2 Å². The summed E-state index contributed by atoms with van der Waals surface area (Å²) in [6.45, 7) is -0.122. The van der Waals surface area contributed by atoms with Gasteiger partial charge in [0.1, 0.15) is 0 Å². The zero-order valence-corrected chi connectivity index (χ0v) is 9.26. The lowest BCUT2D eigenvalue weighted by Gasteiger charge is -2.39. The van der Waals surface area contributed by atoms with E-state index in [9.17, 15) is 23.1 Å². The first kappa shape index (κ1) is 12.5. The van der Waals surface area contributed by atoms with Gasteiger partial charge in [-0.25, -0.2) is 4.79 Å². The molecular weight excluding hydrogens is 237 g/mol. The third kappa shape index (κ3) is 2.65. The molecule has 0 unspecified atom stereocenters. The van der Waals surface area contributed by atoms with Crippen molar-refractivity contribution in [2.75, 3.05) is 13.1 Å². The summed E-state index contributed by atoms with van der Waals surface area (Å²) in [4.78, 5) is 12.9. The van der Waals surface area contributed by atoms with E-state index in [0.29, 0.717) is 0 Å². The van der Waals surface area contributed by atoms with E-state index in [0.717, 1.165) is 12.8 Å². The average Bonchev–Trinajstić information content (AvgIpc) is 3.01. The molecule has 1 saturated carbocycles. The molecule has 2 fully saturated rings. The highest BCUT2D eigenvalue weighted by molar-refractivity contribution is 5.75. The molecular formula is C10H15F3N2O2. The first-order valence-electron chi connectivity index (χ1n) is 5.66. The van der Waals surface area contributed by atoms with Crippen molar-refractivity contribution >= 4 is 6.03 Å². The summed E-state index contributed by atoms with van der Waals surface area (Å²) in [7, 11) is 0. The van der Waals surface area contributed by atoms with Gasteiger partial charge in [0.25, 0.3) is 0 Å². The Kier molecular flexibility index (Phi) is 2.97. The monoisotopic (exact) mass is 252 g/mol. The van der Waals surface area contributed by atoms with Crippen molar-refractivity contribution in [3.63, 3.8) is 0 Å². The van der Waals surface area contributed by atoms with Crippen LogP contribution >= 0.6 is 0 Å². The fraction of sp³-hybridized carbons (Fsp3) is 0.900. The summed E-state index contributed by atoms with van der Waals surface area (Å²) >= 11 is 0. The summed E-state index contributed by atoms with van der Waals surface area (Å²) in [6, 6.07) is -0.136. The highest BCUT2D eigenvalue weighted by atomic mass is 19.4. The van der Waals surface area contributed by atoms with Crippen LogP contribution in [0.15, 0.2) is 0 Å². The SMILES string of the molecule is O=C(NC1CC1)N1CCC(O)(C(F)(F)F)CC1. The number of rotatable bonds is 1. The Morgan fingerprint density at radius 2 is 1.82 bits per heavy atom. The van der Waals surface area contributed by atoms with Crippen LogP contribution in [0, 0.1) is 0 Å². The molecule has 2 amide bonds. The number of nitrogens with zero attached hydrogens (tertiary/aromatic N) is 1. The molecule has 98 valence electrons. The number of halogens is 3. The minimum absolute atomic E-state index is 0.0609. The summed E-state index contributed by atoms with van der Waals surface area (Å²) in [5, 5.41) is 12.1. The summed E-state index contributed by atoms with van der Waals surface area (Å²) in [5.41, 5.74) is -2.64. The van der Waals surface area contributed by atoms with Gasteiger partial charge in [-0.1, -0.05) is 0 Å². The predicted octanol–water partition coefficient (Wildman–Crippen LogP) is 1.25. The van der Waals surface area contributed by atoms with E-state index in [-0.39, 0.29) is 25.2 Å². The molecule has 4 nitrogen and oxygen atoms in total. The number of hydrogen-bond donors (Lipinski definition) is 2. The largest absolute Gasteiger partial charge is 0.417 e. The third-order valence-corrected chi connectivity index (χ3v) is 3.31. The molecule has 1 aliphatic heterocycles. The molecule has 0 aromatic heterocycles. The van der Waals surface area contributed by atoms with E-state index in [4.69, 9.17) is 0 Å². The normalized spacial score (nSPS) is 24.6. The Morgan fingerprint density at radius 3 is 2.24 bits per heavy atom. The second-order valence-corrected chi connectivity index (χ2v) is 4.74. The number of hydrogen-bond acceptors (Lipinski definition) is 2. The topological polar surface area (TPSA) is 52.6 Å². The molecule has 0 aromatic rings. The maximum absolute atomic E-state index is 12.5. The van der Waals surface area contributed by atoms with Gasteiger partial charge in [0.15, 0.2) is 5.60 Å². The second kappa shape index (κ2) is 4.04.